The number of pyridine rings is 1. The van der Waals surface area contributed by atoms with Crippen molar-refractivity contribution in [3.8, 4) is 11.1 Å². The lowest BCUT2D eigenvalue weighted by Gasteiger charge is -2.39. The molecule has 1 aromatic heterocycles. The predicted molar refractivity (Wildman–Crippen MR) is 350 cm³/mol. The zero-order valence-electron chi connectivity index (χ0n) is 57.0. The number of amides is 6. The Kier molecular flexibility index (Phi) is 26.1. The quantitative estimate of drug-likeness (QED) is 0.141. The van der Waals surface area contributed by atoms with Gasteiger partial charge < -0.3 is 49.3 Å². The standard InChI is InChI=1S/C71H104N8O12/c1-17-46(9)53-41-57(80)55-28-23-31-79(55)68(86)56(39-49-26-22-27-50(37-49)51-29-30-59(72-42-51)78-32-34-90-35-33-78)74(13)67(85)54(38-48-24-20-19-21-25-48)73-64(82)61(45(7)8)76(15)69(87)62(47(10)18-2)91-70(88)63(71(11,12)89)77(16)65(83)52(36-43(3)4)40-58(81)60(44(5)6)75(14)66(53)84/h19-22,24-27,29-30,37,42-47,52-56,60-63,89H,17-18,23,28,31-36,38-41H2,1-16H3,(H,73,82)/t46?,47?,52-,53+,54?,55?,56?,60+,61+,62-,63-/m1/s1. The number of esters is 1. The van der Waals surface area contributed by atoms with Crippen molar-refractivity contribution in [2.45, 2.75) is 189 Å². The van der Waals surface area contributed by atoms with Crippen LogP contribution >= 0.6 is 0 Å². The van der Waals surface area contributed by atoms with E-state index in [1.807, 2.05) is 115 Å². The molecule has 4 heterocycles. The summed E-state index contributed by atoms with van der Waals surface area (Å²) in [6, 6.07) is 13.2. The summed E-state index contributed by atoms with van der Waals surface area (Å²) in [4.78, 5) is 151. The van der Waals surface area contributed by atoms with Gasteiger partial charge in [0.2, 0.25) is 29.5 Å². The summed E-state index contributed by atoms with van der Waals surface area (Å²) in [5, 5.41) is 14.8. The highest BCUT2D eigenvalue weighted by Gasteiger charge is 2.48. The van der Waals surface area contributed by atoms with Gasteiger partial charge in [-0.25, -0.2) is 9.78 Å². The Morgan fingerprint density at radius 1 is 0.637 bits per heavy atom. The molecular weight excluding hydrogens is 1160 g/mol. The van der Waals surface area contributed by atoms with Crippen LogP contribution in [0.5, 0.6) is 0 Å². The van der Waals surface area contributed by atoms with Gasteiger partial charge in [0.1, 0.15) is 23.9 Å². The molecule has 3 aromatic rings. The van der Waals surface area contributed by atoms with E-state index in [0.29, 0.717) is 50.0 Å². The van der Waals surface area contributed by atoms with Gasteiger partial charge in [0, 0.05) is 103 Å². The van der Waals surface area contributed by atoms with E-state index in [2.05, 4.69) is 10.2 Å². The number of hydrogen-bond acceptors (Lipinski definition) is 14. The second kappa shape index (κ2) is 32.5. The number of rotatable bonds is 15. The fourth-order valence-electron chi connectivity index (χ4n) is 13.5. The smallest absolute Gasteiger partial charge is 0.332 e. The summed E-state index contributed by atoms with van der Waals surface area (Å²) in [5.74, 6) is -8.72. The summed E-state index contributed by atoms with van der Waals surface area (Å²) in [5.41, 5.74) is 1.08. The van der Waals surface area contributed by atoms with Gasteiger partial charge in [-0.2, -0.15) is 0 Å². The van der Waals surface area contributed by atoms with Crippen LogP contribution in [-0.4, -0.2) is 197 Å². The minimum atomic E-state index is -1.95. The Hall–Kier alpha value is -7.06. The average Bonchev–Trinajstić information content (AvgIpc) is 1.85. The molecule has 5 unspecified atom stereocenters. The summed E-state index contributed by atoms with van der Waals surface area (Å²) < 4.78 is 11.7. The van der Waals surface area contributed by atoms with Gasteiger partial charge in [-0.1, -0.05) is 130 Å². The number of benzene rings is 2. The largest absolute Gasteiger partial charge is 0.450 e. The predicted octanol–water partition coefficient (Wildman–Crippen LogP) is 7.45. The molecule has 20 nitrogen and oxygen atoms in total. The lowest BCUT2D eigenvalue weighted by molar-refractivity contribution is -0.178. The third-order valence-corrected chi connectivity index (χ3v) is 19.0. The number of fused-ring (bicyclic) bond motifs is 1. The molecule has 3 fully saturated rings. The van der Waals surface area contributed by atoms with Gasteiger partial charge in [-0.3, -0.25) is 38.4 Å². The van der Waals surface area contributed by atoms with Crippen molar-refractivity contribution >= 4 is 58.8 Å². The summed E-state index contributed by atoms with van der Waals surface area (Å²) in [6.07, 6.45) is 1.51. The van der Waals surface area contributed by atoms with Crippen LogP contribution < -0.4 is 10.2 Å². The third-order valence-electron chi connectivity index (χ3n) is 19.0. The highest BCUT2D eigenvalue weighted by Crippen LogP contribution is 2.33. The average molecular weight is 1260 g/mol. The molecular formula is C71H104N8O12. The fourth-order valence-corrected chi connectivity index (χ4v) is 13.5. The molecule has 91 heavy (non-hydrogen) atoms. The van der Waals surface area contributed by atoms with Crippen molar-refractivity contribution in [1.82, 2.24) is 34.8 Å². The second-order valence-electron chi connectivity index (χ2n) is 27.5. The number of carbonyl (C=O) groups excluding carboxylic acids is 9. The summed E-state index contributed by atoms with van der Waals surface area (Å²) in [6.45, 7) is 23.8. The number of nitrogens with one attached hydrogen (secondary N) is 1. The molecule has 0 spiro atoms. The van der Waals surface area contributed by atoms with Crippen LogP contribution in [0.1, 0.15) is 139 Å². The Morgan fingerprint density at radius 3 is 1.85 bits per heavy atom. The number of Topliss-reactive ketones (excluding diaryl/α,β-unsaturated/α-hetero) is 2. The topological polar surface area (TPSA) is 237 Å². The van der Waals surface area contributed by atoms with Gasteiger partial charge in [0.15, 0.2) is 23.7 Å². The Bertz CT molecular complexity index is 3000. The zero-order chi connectivity index (χ0) is 67.3. The van der Waals surface area contributed by atoms with E-state index in [1.165, 1.54) is 54.6 Å². The highest BCUT2D eigenvalue weighted by atomic mass is 16.6. The summed E-state index contributed by atoms with van der Waals surface area (Å²) >= 11 is 0. The number of nitrogens with zero attached hydrogens (tertiary/aromatic N) is 7. The van der Waals surface area contributed by atoms with Gasteiger partial charge in [-0.05, 0) is 92.0 Å². The minimum absolute atomic E-state index is 0.00365. The number of ketones is 2. The molecule has 20 heteroatoms. The first-order valence-corrected chi connectivity index (χ1v) is 33.0. The maximum absolute atomic E-state index is 15.8. The second-order valence-corrected chi connectivity index (χ2v) is 27.5. The maximum atomic E-state index is 15.8. The molecule has 6 amide bonds. The first kappa shape index (κ1) is 73.0. The zero-order valence-corrected chi connectivity index (χ0v) is 57.0. The molecule has 0 saturated carbocycles. The van der Waals surface area contributed by atoms with Crippen LogP contribution in [0, 0.1) is 41.4 Å². The number of ether oxygens (including phenoxy) is 2. The van der Waals surface area contributed by atoms with Gasteiger partial charge >= 0.3 is 5.97 Å². The maximum Gasteiger partial charge on any atom is 0.332 e. The molecule has 2 N–H and O–H groups in total. The van der Waals surface area contributed by atoms with Crippen LogP contribution in [0.4, 0.5) is 5.82 Å². The van der Waals surface area contributed by atoms with E-state index >= 15 is 28.8 Å². The van der Waals surface area contributed by atoms with Gasteiger partial charge in [0.05, 0.1) is 30.9 Å². The molecule has 3 aliphatic rings. The molecule has 2 aromatic carbocycles. The number of anilines is 1. The number of likely N-dealkylation sites (N-methyl/N-ethyl adjacent to an activating group) is 4. The van der Waals surface area contributed by atoms with E-state index in [9.17, 15) is 19.5 Å². The lowest BCUT2D eigenvalue weighted by atomic mass is 9.82. The van der Waals surface area contributed by atoms with E-state index < -0.39 is 125 Å². The molecule has 3 aliphatic heterocycles. The summed E-state index contributed by atoms with van der Waals surface area (Å²) in [7, 11) is 5.85. The first-order chi connectivity index (χ1) is 42.9. The molecule has 0 radical (unpaired) electrons. The van der Waals surface area contributed by atoms with Gasteiger partial charge in [0.25, 0.3) is 5.91 Å². The minimum Gasteiger partial charge on any atom is -0.450 e. The third kappa shape index (κ3) is 18.2. The first-order valence-electron chi connectivity index (χ1n) is 33.0. The lowest BCUT2D eigenvalue weighted by Crippen LogP contribution is -2.61. The van der Waals surface area contributed by atoms with Crippen molar-refractivity contribution in [3.63, 3.8) is 0 Å². The van der Waals surface area contributed by atoms with Gasteiger partial charge in [-0.15, -0.1) is 0 Å². The van der Waals surface area contributed by atoms with E-state index in [4.69, 9.17) is 14.5 Å². The van der Waals surface area contributed by atoms with E-state index in [1.54, 1.807) is 34.0 Å². The van der Waals surface area contributed by atoms with Crippen LogP contribution in [0.2, 0.25) is 0 Å². The Morgan fingerprint density at radius 2 is 1.26 bits per heavy atom. The fraction of sp³-hybridized carbons (Fsp3) is 0.634. The molecule has 3 saturated heterocycles. The van der Waals surface area contributed by atoms with E-state index in [0.717, 1.165) is 34.9 Å². The van der Waals surface area contributed by atoms with Crippen LogP contribution in [-0.2, 0) is 65.5 Å². The monoisotopic (exact) mass is 1260 g/mol. The van der Waals surface area contributed by atoms with Crippen LogP contribution in [0.25, 0.3) is 11.1 Å². The molecule has 0 bridgehead atoms. The van der Waals surface area contributed by atoms with Crippen molar-refractivity contribution in [1.29, 1.82) is 0 Å². The van der Waals surface area contributed by atoms with Crippen molar-refractivity contribution in [2.75, 3.05) is 65.9 Å². The number of hydrogen-bond donors (Lipinski definition) is 2. The molecule has 11 atom stereocenters. The molecule has 500 valence electrons. The number of carbonyl (C=O) groups is 9. The van der Waals surface area contributed by atoms with E-state index in [-0.39, 0.29) is 56.3 Å². The SMILES string of the molecule is CCC(C)[C@@H]1CC(=O)C2CCCN2C(=O)C(Cc2cccc(-c3ccc(N4CCOCC4)nc3)c2)N(C)C(=O)C(Cc2ccccc2)NC(=O)[C@H](C(C)C)N(C)C(=O)[C@@H](C(C)CC)OC(=O)[C@H](C(C)(C)O)N(C)C(=O)[C@H](CC(C)C)CC(=O)[C@H](C(C)C)N(C)C1=O. The van der Waals surface area contributed by atoms with Crippen LogP contribution in [0.3, 0.4) is 0 Å². The molecule has 6 rings (SSSR count). The Labute approximate surface area is 540 Å². The molecule has 0 aliphatic carbocycles. The normalized spacial score (nSPS) is 25.8. The highest BCUT2D eigenvalue weighted by molar-refractivity contribution is 5.99. The Balaban J connectivity index is 1.51. The number of aliphatic hydroxyl groups is 1. The number of morpholine rings is 1. The number of cyclic esters (lactones) is 1. The van der Waals surface area contributed by atoms with Crippen molar-refractivity contribution in [2.24, 2.45) is 41.4 Å². The number of aromatic nitrogens is 1. The van der Waals surface area contributed by atoms with Crippen LogP contribution in [0.15, 0.2) is 72.9 Å². The van der Waals surface area contributed by atoms with Crippen molar-refractivity contribution < 1.29 is 57.7 Å². The van der Waals surface area contributed by atoms with Crippen molar-refractivity contribution in [3.05, 3.63) is 84.1 Å².